The number of carbonyl (C=O) groups is 2. The molecular weight excluding hydrogens is 264 g/mol. The number of benzene rings is 1. The number of hydrogen-bond acceptors (Lipinski definition) is 2. The molecular formula is C17H22N2O2. The number of carbonyl (C=O) groups excluding carboxylic acids is 2. The van der Waals surface area contributed by atoms with Gasteiger partial charge in [-0.3, -0.25) is 9.59 Å². The Hall–Kier alpha value is -1.84. The van der Waals surface area contributed by atoms with Crippen LogP contribution in [0.15, 0.2) is 18.2 Å². The van der Waals surface area contributed by atoms with Crippen molar-refractivity contribution in [3.05, 3.63) is 29.3 Å². The van der Waals surface area contributed by atoms with Crippen LogP contribution in [-0.4, -0.2) is 17.9 Å². The first kappa shape index (κ1) is 14.1. The highest BCUT2D eigenvalue weighted by molar-refractivity contribution is 6.02. The lowest BCUT2D eigenvalue weighted by Crippen LogP contribution is -2.37. The van der Waals surface area contributed by atoms with Gasteiger partial charge in [-0.15, -0.1) is 0 Å². The minimum Gasteiger partial charge on any atom is -0.349 e. The second-order valence-corrected chi connectivity index (χ2v) is 6.20. The number of nitrogens with one attached hydrogen (secondary N) is 2. The van der Waals surface area contributed by atoms with E-state index in [1.54, 1.807) is 6.07 Å². The zero-order valence-corrected chi connectivity index (χ0v) is 12.4. The van der Waals surface area contributed by atoms with Crippen LogP contribution >= 0.6 is 0 Å². The Balaban J connectivity index is 1.61. The molecule has 0 unspecified atom stereocenters. The fourth-order valence-corrected chi connectivity index (χ4v) is 3.34. The Labute approximate surface area is 125 Å². The van der Waals surface area contributed by atoms with Gasteiger partial charge in [0.25, 0.3) is 5.91 Å². The van der Waals surface area contributed by atoms with Crippen molar-refractivity contribution >= 4 is 17.5 Å². The molecule has 1 aromatic carbocycles. The summed E-state index contributed by atoms with van der Waals surface area (Å²) in [7, 11) is 0. The summed E-state index contributed by atoms with van der Waals surface area (Å²) < 4.78 is 0. The zero-order chi connectivity index (χ0) is 14.8. The highest BCUT2D eigenvalue weighted by Crippen LogP contribution is 2.27. The SMILES string of the molecule is CCC1CCC(NC(=O)c2ccc3c(c2)NC(=O)C3)CC1. The van der Waals surface area contributed by atoms with Crippen LogP contribution in [0, 0.1) is 5.92 Å². The molecule has 2 aliphatic rings. The van der Waals surface area contributed by atoms with Gasteiger partial charge in [-0.2, -0.15) is 0 Å². The topological polar surface area (TPSA) is 58.2 Å². The molecule has 1 aliphatic carbocycles. The summed E-state index contributed by atoms with van der Waals surface area (Å²) in [5, 5.41) is 5.92. The summed E-state index contributed by atoms with van der Waals surface area (Å²) in [5.74, 6) is 0.799. The average Bonchev–Trinajstić information content (AvgIpc) is 2.87. The lowest BCUT2D eigenvalue weighted by atomic mass is 9.84. The number of fused-ring (bicyclic) bond motifs is 1. The Morgan fingerprint density at radius 3 is 2.76 bits per heavy atom. The predicted octanol–water partition coefficient (Wildman–Crippen LogP) is 2.88. The van der Waals surface area contributed by atoms with E-state index < -0.39 is 0 Å². The molecule has 2 N–H and O–H groups in total. The molecule has 0 radical (unpaired) electrons. The smallest absolute Gasteiger partial charge is 0.251 e. The summed E-state index contributed by atoms with van der Waals surface area (Å²) in [5.41, 5.74) is 2.39. The van der Waals surface area contributed by atoms with Gasteiger partial charge in [-0.05, 0) is 49.3 Å². The minimum atomic E-state index is -0.0288. The van der Waals surface area contributed by atoms with Crippen LogP contribution in [0.2, 0.25) is 0 Å². The number of anilines is 1. The number of hydrogen-bond donors (Lipinski definition) is 2. The number of amides is 2. The third kappa shape index (κ3) is 3.09. The van der Waals surface area contributed by atoms with Gasteiger partial charge in [0.15, 0.2) is 0 Å². The van der Waals surface area contributed by atoms with Crippen molar-refractivity contribution in [3.63, 3.8) is 0 Å². The fraction of sp³-hybridized carbons (Fsp3) is 0.529. The van der Waals surface area contributed by atoms with Crippen molar-refractivity contribution in [3.8, 4) is 0 Å². The molecule has 1 aliphatic heterocycles. The van der Waals surface area contributed by atoms with E-state index in [0.717, 1.165) is 30.0 Å². The number of rotatable bonds is 3. The minimum absolute atomic E-state index is 0.000413. The largest absolute Gasteiger partial charge is 0.349 e. The molecule has 21 heavy (non-hydrogen) atoms. The summed E-state index contributed by atoms with van der Waals surface area (Å²) >= 11 is 0. The van der Waals surface area contributed by atoms with Gasteiger partial charge < -0.3 is 10.6 Å². The molecule has 4 nitrogen and oxygen atoms in total. The maximum atomic E-state index is 12.3. The van der Waals surface area contributed by atoms with Gasteiger partial charge in [-0.25, -0.2) is 0 Å². The second kappa shape index (κ2) is 5.88. The van der Waals surface area contributed by atoms with Crippen molar-refractivity contribution in [2.75, 3.05) is 5.32 Å². The van der Waals surface area contributed by atoms with Crippen LogP contribution in [-0.2, 0) is 11.2 Å². The van der Waals surface area contributed by atoms with E-state index in [4.69, 9.17) is 0 Å². The molecule has 112 valence electrons. The summed E-state index contributed by atoms with van der Waals surface area (Å²) in [6, 6.07) is 5.76. The normalized spacial score (nSPS) is 24.3. The molecule has 1 aromatic rings. The van der Waals surface area contributed by atoms with Gasteiger partial charge in [0.2, 0.25) is 5.91 Å². The van der Waals surface area contributed by atoms with Gasteiger partial charge in [0.1, 0.15) is 0 Å². The van der Waals surface area contributed by atoms with Crippen LogP contribution in [0.5, 0.6) is 0 Å². The third-order valence-corrected chi connectivity index (χ3v) is 4.76. The van der Waals surface area contributed by atoms with Gasteiger partial charge in [0, 0.05) is 17.3 Å². The molecule has 4 heteroatoms. The molecule has 3 rings (SSSR count). The van der Waals surface area contributed by atoms with E-state index in [-0.39, 0.29) is 11.8 Å². The monoisotopic (exact) mass is 286 g/mol. The molecule has 0 spiro atoms. The molecule has 0 bridgehead atoms. The molecule has 0 aromatic heterocycles. The lowest BCUT2D eigenvalue weighted by molar-refractivity contribution is -0.115. The first-order valence-corrected chi connectivity index (χ1v) is 7.89. The Morgan fingerprint density at radius 1 is 1.29 bits per heavy atom. The molecule has 1 fully saturated rings. The van der Waals surface area contributed by atoms with E-state index in [1.807, 2.05) is 12.1 Å². The maximum Gasteiger partial charge on any atom is 0.251 e. The van der Waals surface area contributed by atoms with Crippen LogP contribution in [0.3, 0.4) is 0 Å². The van der Waals surface area contributed by atoms with Crippen LogP contribution in [0.1, 0.15) is 54.9 Å². The van der Waals surface area contributed by atoms with Gasteiger partial charge >= 0.3 is 0 Å². The average molecular weight is 286 g/mol. The molecule has 2 amide bonds. The summed E-state index contributed by atoms with van der Waals surface area (Å²) in [6.45, 7) is 2.24. The molecule has 1 heterocycles. The Kier molecular flexibility index (Phi) is 3.95. The standard InChI is InChI=1S/C17H22N2O2/c1-2-11-3-7-14(8-4-11)18-17(21)13-6-5-12-10-16(20)19-15(12)9-13/h5-6,9,11,14H,2-4,7-8,10H2,1H3,(H,18,21)(H,19,20). The van der Waals surface area contributed by atoms with Crippen LogP contribution < -0.4 is 10.6 Å². The zero-order valence-electron chi connectivity index (χ0n) is 12.4. The van der Waals surface area contributed by atoms with Crippen molar-refractivity contribution < 1.29 is 9.59 Å². The van der Waals surface area contributed by atoms with Crippen molar-refractivity contribution in [1.29, 1.82) is 0 Å². The van der Waals surface area contributed by atoms with Gasteiger partial charge in [-0.1, -0.05) is 19.4 Å². The second-order valence-electron chi connectivity index (χ2n) is 6.20. The van der Waals surface area contributed by atoms with Crippen molar-refractivity contribution in [2.24, 2.45) is 5.92 Å². The Bertz CT molecular complexity index is 560. The quantitative estimate of drug-likeness (QED) is 0.897. The fourth-order valence-electron chi connectivity index (χ4n) is 3.34. The third-order valence-electron chi connectivity index (χ3n) is 4.76. The van der Waals surface area contributed by atoms with E-state index >= 15 is 0 Å². The van der Waals surface area contributed by atoms with E-state index in [1.165, 1.54) is 19.3 Å². The first-order valence-electron chi connectivity index (χ1n) is 7.89. The van der Waals surface area contributed by atoms with E-state index in [0.29, 0.717) is 18.0 Å². The highest BCUT2D eigenvalue weighted by atomic mass is 16.2. The molecule has 0 saturated heterocycles. The van der Waals surface area contributed by atoms with Crippen LogP contribution in [0.25, 0.3) is 0 Å². The lowest BCUT2D eigenvalue weighted by Gasteiger charge is -2.28. The summed E-state index contributed by atoms with van der Waals surface area (Å²) in [6.07, 6.45) is 6.23. The van der Waals surface area contributed by atoms with Gasteiger partial charge in [0.05, 0.1) is 6.42 Å². The van der Waals surface area contributed by atoms with E-state index in [9.17, 15) is 9.59 Å². The van der Waals surface area contributed by atoms with Crippen LogP contribution in [0.4, 0.5) is 5.69 Å². The maximum absolute atomic E-state index is 12.3. The Morgan fingerprint density at radius 2 is 2.05 bits per heavy atom. The summed E-state index contributed by atoms with van der Waals surface area (Å²) in [4.78, 5) is 23.7. The first-order chi connectivity index (χ1) is 10.2. The molecule has 0 atom stereocenters. The van der Waals surface area contributed by atoms with Crippen molar-refractivity contribution in [1.82, 2.24) is 5.32 Å². The van der Waals surface area contributed by atoms with Crippen molar-refractivity contribution in [2.45, 2.75) is 51.5 Å². The molecule has 1 saturated carbocycles. The predicted molar refractivity (Wildman–Crippen MR) is 82.3 cm³/mol. The highest BCUT2D eigenvalue weighted by Gasteiger charge is 2.23. The van der Waals surface area contributed by atoms with E-state index in [2.05, 4.69) is 17.6 Å².